The van der Waals surface area contributed by atoms with E-state index in [9.17, 15) is 4.79 Å². The van der Waals surface area contributed by atoms with E-state index in [0.29, 0.717) is 5.57 Å². The molecule has 0 bridgehead atoms. The molecule has 0 aliphatic heterocycles. The standard InChI is InChI=1S/C11H16O2/c1-5-6-7-10(4)8-13-11(12)9(2)3/h5-6H,2,4,7-8H2,1,3H3. The third-order valence-corrected chi connectivity index (χ3v) is 1.40. The van der Waals surface area contributed by atoms with Gasteiger partial charge in [0.15, 0.2) is 0 Å². The van der Waals surface area contributed by atoms with Crippen molar-refractivity contribution in [3.05, 3.63) is 36.5 Å². The SMILES string of the molecule is C=C(CC=CC)COC(=O)C(=C)C. The Labute approximate surface area is 79.6 Å². The molecule has 72 valence electrons. The highest BCUT2D eigenvalue weighted by Crippen LogP contribution is 2.02. The van der Waals surface area contributed by atoms with Crippen LogP contribution in [0.15, 0.2) is 36.5 Å². The molecule has 0 saturated heterocycles. The number of carbonyl (C=O) groups excluding carboxylic acids is 1. The van der Waals surface area contributed by atoms with Crippen molar-refractivity contribution in [2.75, 3.05) is 6.61 Å². The topological polar surface area (TPSA) is 26.3 Å². The number of rotatable bonds is 5. The van der Waals surface area contributed by atoms with Crippen LogP contribution in [0, 0.1) is 0 Å². The van der Waals surface area contributed by atoms with Crippen LogP contribution in [0.2, 0.25) is 0 Å². The Morgan fingerprint density at radius 2 is 2.08 bits per heavy atom. The normalized spacial score (nSPS) is 10.0. The summed E-state index contributed by atoms with van der Waals surface area (Å²) in [5.74, 6) is -0.360. The fourth-order valence-electron chi connectivity index (χ4n) is 0.634. The zero-order valence-corrected chi connectivity index (χ0v) is 8.30. The minimum Gasteiger partial charge on any atom is -0.458 e. The Bertz CT molecular complexity index is 236. The lowest BCUT2D eigenvalue weighted by molar-refractivity contribution is -0.138. The molecule has 0 aromatic rings. The molecule has 0 amide bonds. The summed E-state index contributed by atoms with van der Waals surface area (Å²) in [5.41, 5.74) is 1.30. The van der Waals surface area contributed by atoms with Crippen molar-refractivity contribution >= 4 is 5.97 Å². The quantitative estimate of drug-likeness (QED) is 0.369. The van der Waals surface area contributed by atoms with Crippen LogP contribution in [-0.4, -0.2) is 12.6 Å². The highest BCUT2D eigenvalue weighted by Gasteiger charge is 2.02. The molecule has 0 unspecified atom stereocenters. The van der Waals surface area contributed by atoms with Gasteiger partial charge in [0.05, 0.1) is 0 Å². The van der Waals surface area contributed by atoms with Crippen LogP contribution in [0.5, 0.6) is 0 Å². The molecule has 0 aromatic heterocycles. The van der Waals surface area contributed by atoms with Crippen LogP contribution < -0.4 is 0 Å². The number of hydrogen-bond acceptors (Lipinski definition) is 2. The summed E-state index contributed by atoms with van der Waals surface area (Å²) in [5, 5.41) is 0. The molecular weight excluding hydrogens is 164 g/mol. The van der Waals surface area contributed by atoms with Gasteiger partial charge in [-0.2, -0.15) is 0 Å². The van der Waals surface area contributed by atoms with Crippen molar-refractivity contribution in [2.45, 2.75) is 20.3 Å². The van der Waals surface area contributed by atoms with Crippen LogP contribution in [-0.2, 0) is 9.53 Å². The van der Waals surface area contributed by atoms with Gasteiger partial charge in [0.1, 0.15) is 6.61 Å². The first kappa shape index (κ1) is 11.7. The molecule has 13 heavy (non-hydrogen) atoms. The summed E-state index contributed by atoms with van der Waals surface area (Å²) in [6, 6.07) is 0. The second kappa shape index (κ2) is 6.23. The lowest BCUT2D eigenvalue weighted by Gasteiger charge is -2.04. The summed E-state index contributed by atoms with van der Waals surface area (Å²) in [4.78, 5) is 10.9. The molecule has 0 aromatic carbocycles. The van der Waals surface area contributed by atoms with Crippen molar-refractivity contribution in [1.82, 2.24) is 0 Å². The summed E-state index contributed by atoms with van der Waals surface area (Å²) in [6.45, 7) is 11.1. The van der Waals surface area contributed by atoms with E-state index in [2.05, 4.69) is 13.2 Å². The van der Waals surface area contributed by atoms with E-state index in [1.807, 2.05) is 19.1 Å². The van der Waals surface area contributed by atoms with Gasteiger partial charge in [-0.1, -0.05) is 25.3 Å². The van der Waals surface area contributed by atoms with Gasteiger partial charge >= 0.3 is 5.97 Å². The van der Waals surface area contributed by atoms with E-state index in [1.165, 1.54) is 0 Å². The van der Waals surface area contributed by atoms with Crippen LogP contribution in [0.3, 0.4) is 0 Å². The lowest BCUT2D eigenvalue weighted by Crippen LogP contribution is -2.07. The van der Waals surface area contributed by atoms with Crippen molar-refractivity contribution in [3.8, 4) is 0 Å². The van der Waals surface area contributed by atoms with Gasteiger partial charge in [0, 0.05) is 5.57 Å². The van der Waals surface area contributed by atoms with E-state index in [-0.39, 0.29) is 12.6 Å². The van der Waals surface area contributed by atoms with Gasteiger partial charge < -0.3 is 4.74 Å². The number of hydrogen-bond donors (Lipinski definition) is 0. The fraction of sp³-hybridized carbons (Fsp3) is 0.364. The molecule has 0 radical (unpaired) electrons. The Balaban J connectivity index is 3.70. The van der Waals surface area contributed by atoms with Crippen molar-refractivity contribution in [2.24, 2.45) is 0 Å². The van der Waals surface area contributed by atoms with Crippen LogP contribution in [0.25, 0.3) is 0 Å². The maximum atomic E-state index is 10.9. The summed E-state index contributed by atoms with van der Waals surface area (Å²) >= 11 is 0. The molecule has 0 fully saturated rings. The molecule has 0 rings (SSSR count). The van der Waals surface area contributed by atoms with Crippen LogP contribution in [0.1, 0.15) is 20.3 Å². The molecular formula is C11H16O2. The van der Waals surface area contributed by atoms with Gasteiger partial charge in [0.2, 0.25) is 0 Å². The molecule has 0 aliphatic carbocycles. The smallest absolute Gasteiger partial charge is 0.333 e. The van der Waals surface area contributed by atoms with Gasteiger partial charge in [-0.25, -0.2) is 4.79 Å². The summed E-state index contributed by atoms with van der Waals surface area (Å²) in [6.07, 6.45) is 4.66. The molecule has 2 heteroatoms. The lowest BCUT2D eigenvalue weighted by atomic mass is 10.2. The van der Waals surface area contributed by atoms with E-state index in [4.69, 9.17) is 4.74 Å². The monoisotopic (exact) mass is 180 g/mol. The third-order valence-electron chi connectivity index (χ3n) is 1.40. The molecule has 2 nitrogen and oxygen atoms in total. The largest absolute Gasteiger partial charge is 0.458 e. The second-order valence-corrected chi connectivity index (χ2v) is 2.88. The zero-order chi connectivity index (χ0) is 10.3. The summed E-state index contributed by atoms with van der Waals surface area (Å²) < 4.78 is 4.89. The average molecular weight is 180 g/mol. The van der Waals surface area contributed by atoms with Crippen LogP contribution >= 0.6 is 0 Å². The molecule has 0 aliphatic rings. The van der Waals surface area contributed by atoms with Crippen molar-refractivity contribution in [3.63, 3.8) is 0 Å². The number of ether oxygens (including phenoxy) is 1. The first-order valence-corrected chi connectivity index (χ1v) is 4.18. The van der Waals surface area contributed by atoms with Crippen molar-refractivity contribution in [1.29, 1.82) is 0 Å². The van der Waals surface area contributed by atoms with Gasteiger partial charge in [-0.3, -0.25) is 0 Å². The third kappa shape index (κ3) is 5.91. The second-order valence-electron chi connectivity index (χ2n) is 2.88. The van der Waals surface area contributed by atoms with Crippen molar-refractivity contribution < 1.29 is 9.53 Å². The zero-order valence-electron chi connectivity index (χ0n) is 8.30. The molecule has 0 saturated carbocycles. The van der Waals surface area contributed by atoms with E-state index < -0.39 is 0 Å². The van der Waals surface area contributed by atoms with E-state index >= 15 is 0 Å². The highest BCUT2D eigenvalue weighted by atomic mass is 16.5. The van der Waals surface area contributed by atoms with Gasteiger partial charge in [-0.15, -0.1) is 0 Å². The number of allylic oxidation sites excluding steroid dienone is 2. The molecule has 0 spiro atoms. The predicted octanol–water partition coefficient (Wildman–Crippen LogP) is 2.63. The number of carbonyl (C=O) groups is 1. The minimum atomic E-state index is -0.360. The molecule has 0 atom stereocenters. The Morgan fingerprint density at radius 1 is 1.46 bits per heavy atom. The Hall–Kier alpha value is -1.31. The predicted molar refractivity (Wildman–Crippen MR) is 54.3 cm³/mol. The van der Waals surface area contributed by atoms with Gasteiger partial charge in [-0.05, 0) is 25.8 Å². The Kier molecular flexibility index (Phi) is 5.60. The Morgan fingerprint density at radius 3 is 2.54 bits per heavy atom. The first-order chi connectivity index (χ1) is 6.07. The highest BCUT2D eigenvalue weighted by molar-refractivity contribution is 5.87. The van der Waals surface area contributed by atoms with Gasteiger partial charge in [0.25, 0.3) is 0 Å². The average Bonchev–Trinajstić information content (AvgIpc) is 2.10. The van der Waals surface area contributed by atoms with E-state index in [1.54, 1.807) is 6.92 Å². The maximum absolute atomic E-state index is 10.9. The summed E-state index contributed by atoms with van der Waals surface area (Å²) in [7, 11) is 0. The van der Waals surface area contributed by atoms with Crippen LogP contribution in [0.4, 0.5) is 0 Å². The van der Waals surface area contributed by atoms with E-state index in [0.717, 1.165) is 12.0 Å². The molecule has 0 heterocycles. The minimum absolute atomic E-state index is 0.274. The fourth-order valence-corrected chi connectivity index (χ4v) is 0.634. The maximum Gasteiger partial charge on any atom is 0.333 e. The molecule has 0 N–H and O–H groups in total. The number of esters is 1. The first-order valence-electron chi connectivity index (χ1n) is 4.18.